The molecule has 0 atom stereocenters. The van der Waals surface area contributed by atoms with Crippen LogP contribution in [0.5, 0.6) is 5.75 Å². The van der Waals surface area contributed by atoms with E-state index in [1.807, 2.05) is 45.0 Å². The van der Waals surface area contributed by atoms with Gasteiger partial charge in [-0.05, 0) is 49.6 Å². The zero-order valence-electron chi connectivity index (χ0n) is 13.0. The molecule has 110 valence electrons. The summed E-state index contributed by atoms with van der Waals surface area (Å²) >= 11 is 0. The number of methoxy groups -OCH3 is 1. The molecule has 0 spiro atoms. The molecule has 2 rings (SSSR count). The predicted molar refractivity (Wildman–Crippen MR) is 86.0 cm³/mol. The van der Waals surface area contributed by atoms with E-state index in [-0.39, 0.29) is 5.91 Å². The summed E-state index contributed by atoms with van der Waals surface area (Å²) in [4.78, 5) is 12.3. The van der Waals surface area contributed by atoms with Gasteiger partial charge in [0.05, 0.1) is 19.2 Å². The highest BCUT2D eigenvalue weighted by molar-refractivity contribution is 5.94. The maximum absolute atomic E-state index is 12.3. The van der Waals surface area contributed by atoms with E-state index in [9.17, 15) is 4.79 Å². The van der Waals surface area contributed by atoms with Crippen LogP contribution in [0.4, 0.5) is 5.69 Å². The molecule has 2 aromatic rings. The second-order valence-electron chi connectivity index (χ2n) is 5.36. The van der Waals surface area contributed by atoms with Gasteiger partial charge in [0.2, 0.25) is 5.91 Å². The van der Waals surface area contributed by atoms with Gasteiger partial charge in [-0.25, -0.2) is 0 Å². The Morgan fingerprint density at radius 3 is 2.43 bits per heavy atom. The molecular formula is C18H21NO2. The van der Waals surface area contributed by atoms with E-state index in [0.717, 1.165) is 22.3 Å². The molecule has 0 fully saturated rings. The van der Waals surface area contributed by atoms with Crippen molar-refractivity contribution >= 4 is 11.6 Å². The molecule has 0 aliphatic carbocycles. The van der Waals surface area contributed by atoms with Crippen LogP contribution in [-0.4, -0.2) is 13.0 Å². The van der Waals surface area contributed by atoms with Gasteiger partial charge in [0.1, 0.15) is 5.75 Å². The number of carbonyl (C=O) groups excluding carboxylic acids is 1. The third-order valence-corrected chi connectivity index (χ3v) is 3.48. The van der Waals surface area contributed by atoms with Gasteiger partial charge in [0.25, 0.3) is 0 Å². The first kappa shape index (κ1) is 15.1. The second kappa shape index (κ2) is 6.44. The Balaban J connectivity index is 2.15. The third-order valence-electron chi connectivity index (χ3n) is 3.48. The topological polar surface area (TPSA) is 38.3 Å². The standard InChI is InChI=1S/C18H21NO2/c1-12-5-7-14(3)15(9-12)11-18(20)19-16-10-13(2)6-8-17(16)21-4/h5-10H,11H2,1-4H3,(H,19,20). The largest absolute Gasteiger partial charge is 0.495 e. The molecule has 0 radical (unpaired) electrons. The van der Waals surface area contributed by atoms with E-state index < -0.39 is 0 Å². The molecule has 3 heteroatoms. The highest BCUT2D eigenvalue weighted by Gasteiger charge is 2.10. The van der Waals surface area contributed by atoms with Crippen LogP contribution in [0.2, 0.25) is 0 Å². The van der Waals surface area contributed by atoms with E-state index in [1.165, 1.54) is 0 Å². The van der Waals surface area contributed by atoms with Crippen molar-refractivity contribution in [3.05, 3.63) is 58.7 Å². The summed E-state index contributed by atoms with van der Waals surface area (Å²) in [6.45, 7) is 6.04. The van der Waals surface area contributed by atoms with Crippen LogP contribution in [-0.2, 0) is 11.2 Å². The molecule has 0 heterocycles. The maximum Gasteiger partial charge on any atom is 0.228 e. The van der Waals surface area contributed by atoms with Crippen LogP contribution in [0.15, 0.2) is 36.4 Å². The van der Waals surface area contributed by atoms with Crippen molar-refractivity contribution < 1.29 is 9.53 Å². The highest BCUT2D eigenvalue weighted by Crippen LogP contribution is 2.25. The lowest BCUT2D eigenvalue weighted by Gasteiger charge is -2.12. The minimum atomic E-state index is -0.0346. The molecule has 21 heavy (non-hydrogen) atoms. The van der Waals surface area contributed by atoms with Gasteiger partial charge in [0.15, 0.2) is 0 Å². The first-order valence-corrected chi connectivity index (χ1v) is 7.00. The van der Waals surface area contributed by atoms with Crippen molar-refractivity contribution in [2.45, 2.75) is 27.2 Å². The van der Waals surface area contributed by atoms with Crippen molar-refractivity contribution in [2.24, 2.45) is 0 Å². The van der Waals surface area contributed by atoms with E-state index in [2.05, 4.69) is 17.4 Å². The summed E-state index contributed by atoms with van der Waals surface area (Å²) < 4.78 is 5.28. The zero-order valence-corrected chi connectivity index (χ0v) is 13.0. The number of ether oxygens (including phenoxy) is 1. The molecule has 0 bridgehead atoms. The van der Waals surface area contributed by atoms with Gasteiger partial charge in [-0.1, -0.05) is 29.8 Å². The van der Waals surface area contributed by atoms with E-state index >= 15 is 0 Å². The van der Waals surface area contributed by atoms with Gasteiger partial charge < -0.3 is 10.1 Å². The second-order valence-corrected chi connectivity index (χ2v) is 5.36. The van der Waals surface area contributed by atoms with Crippen molar-refractivity contribution in [3.63, 3.8) is 0 Å². The Bertz CT molecular complexity index is 662. The summed E-state index contributed by atoms with van der Waals surface area (Å²) in [5.74, 6) is 0.641. The summed E-state index contributed by atoms with van der Waals surface area (Å²) in [6.07, 6.45) is 0.366. The number of carbonyl (C=O) groups is 1. The lowest BCUT2D eigenvalue weighted by molar-refractivity contribution is -0.115. The lowest BCUT2D eigenvalue weighted by Crippen LogP contribution is -2.15. The first-order chi connectivity index (χ1) is 9.99. The molecule has 0 saturated carbocycles. The van der Waals surface area contributed by atoms with Crippen molar-refractivity contribution in [2.75, 3.05) is 12.4 Å². The molecule has 0 unspecified atom stereocenters. The predicted octanol–water partition coefficient (Wildman–Crippen LogP) is 3.80. The van der Waals surface area contributed by atoms with Gasteiger partial charge in [0, 0.05) is 0 Å². The van der Waals surface area contributed by atoms with Crippen LogP contribution in [0.25, 0.3) is 0 Å². The number of hydrogen-bond donors (Lipinski definition) is 1. The number of anilines is 1. The maximum atomic E-state index is 12.3. The van der Waals surface area contributed by atoms with E-state index in [1.54, 1.807) is 7.11 Å². The third kappa shape index (κ3) is 3.85. The average molecular weight is 283 g/mol. The molecular weight excluding hydrogens is 262 g/mol. The van der Waals surface area contributed by atoms with Crippen molar-refractivity contribution in [1.82, 2.24) is 0 Å². The molecule has 3 nitrogen and oxygen atoms in total. The summed E-state index contributed by atoms with van der Waals surface area (Å²) in [6, 6.07) is 11.9. The van der Waals surface area contributed by atoms with Crippen molar-refractivity contribution in [3.8, 4) is 5.75 Å². The number of rotatable bonds is 4. The van der Waals surface area contributed by atoms with Crippen LogP contribution in [0.3, 0.4) is 0 Å². The van der Waals surface area contributed by atoms with Crippen LogP contribution < -0.4 is 10.1 Å². The Labute approximate surface area is 126 Å². The smallest absolute Gasteiger partial charge is 0.228 e. The van der Waals surface area contributed by atoms with Gasteiger partial charge >= 0.3 is 0 Å². The average Bonchev–Trinajstić information content (AvgIpc) is 2.43. The first-order valence-electron chi connectivity index (χ1n) is 7.00. The van der Waals surface area contributed by atoms with Crippen LogP contribution in [0, 0.1) is 20.8 Å². The van der Waals surface area contributed by atoms with Crippen LogP contribution >= 0.6 is 0 Å². The number of hydrogen-bond acceptors (Lipinski definition) is 2. The van der Waals surface area contributed by atoms with Gasteiger partial charge in [-0.2, -0.15) is 0 Å². The molecule has 1 amide bonds. The molecule has 0 aromatic heterocycles. The minimum Gasteiger partial charge on any atom is -0.495 e. The number of aryl methyl sites for hydroxylation is 3. The SMILES string of the molecule is COc1ccc(C)cc1NC(=O)Cc1cc(C)ccc1C. The molecule has 0 aliphatic rings. The summed E-state index contributed by atoms with van der Waals surface area (Å²) in [7, 11) is 1.60. The summed E-state index contributed by atoms with van der Waals surface area (Å²) in [5, 5.41) is 2.93. The fourth-order valence-corrected chi connectivity index (χ4v) is 2.28. The minimum absolute atomic E-state index is 0.0346. The fourth-order valence-electron chi connectivity index (χ4n) is 2.28. The van der Waals surface area contributed by atoms with Crippen LogP contribution in [0.1, 0.15) is 22.3 Å². The van der Waals surface area contributed by atoms with Gasteiger partial charge in [-0.3, -0.25) is 4.79 Å². The Kier molecular flexibility index (Phi) is 4.63. The molecule has 2 aromatic carbocycles. The Morgan fingerprint density at radius 2 is 1.71 bits per heavy atom. The molecule has 0 aliphatic heterocycles. The molecule has 1 N–H and O–H groups in total. The Morgan fingerprint density at radius 1 is 1.05 bits per heavy atom. The molecule has 0 saturated heterocycles. The highest BCUT2D eigenvalue weighted by atomic mass is 16.5. The van der Waals surface area contributed by atoms with Gasteiger partial charge in [-0.15, -0.1) is 0 Å². The summed E-state index contributed by atoms with van der Waals surface area (Å²) in [5.41, 5.74) is 5.15. The number of benzene rings is 2. The lowest BCUT2D eigenvalue weighted by atomic mass is 10.0. The normalized spacial score (nSPS) is 10.3. The van der Waals surface area contributed by atoms with E-state index in [0.29, 0.717) is 17.9 Å². The Hall–Kier alpha value is -2.29. The number of amides is 1. The number of nitrogens with one attached hydrogen (secondary N) is 1. The quantitative estimate of drug-likeness (QED) is 0.926. The zero-order chi connectivity index (χ0) is 15.4. The van der Waals surface area contributed by atoms with Crippen molar-refractivity contribution in [1.29, 1.82) is 0 Å². The monoisotopic (exact) mass is 283 g/mol. The fraction of sp³-hybridized carbons (Fsp3) is 0.278. The van der Waals surface area contributed by atoms with E-state index in [4.69, 9.17) is 4.74 Å².